The lowest BCUT2D eigenvalue weighted by atomic mass is 9.79. The van der Waals surface area contributed by atoms with Gasteiger partial charge in [0.2, 0.25) is 5.91 Å². The molecule has 1 aliphatic heterocycles. The third kappa shape index (κ3) is 2.85. The Morgan fingerprint density at radius 1 is 1.33 bits per heavy atom. The fourth-order valence-electron chi connectivity index (χ4n) is 3.21. The highest BCUT2D eigenvalue weighted by Gasteiger charge is 2.43. The number of rotatable bonds is 5. The molecule has 1 heterocycles. The third-order valence-electron chi connectivity index (χ3n) is 4.02. The molecule has 1 fully saturated rings. The average molecular weight is 250 g/mol. The Hall–Kier alpha value is -1.04. The van der Waals surface area contributed by atoms with Gasteiger partial charge in [0.05, 0.1) is 6.07 Å². The molecular weight excluding hydrogens is 224 g/mol. The van der Waals surface area contributed by atoms with Gasteiger partial charge < -0.3 is 4.90 Å². The van der Waals surface area contributed by atoms with E-state index in [1.165, 1.54) is 0 Å². The quantitative estimate of drug-likeness (QED) is 0.751. The van der Waals surface area contributed by atoms with E-state index in [2.05, 4.69) is 19.9 Å². The summed E-state index contributed by atoms with van der Waals surface area (Å²) in [7, 11) is 0. The van der Waals surface area contributed by atoms with Crippen LogP contribution < -0.4 is 0 Å². The van der Waals surface area contributed by atoms with Crippen molar-refractivity contribution in [3.05, 3.63) is 0 Å². The molecule has 0 aromatic carbocycles. The first kappa shape index (κ1) is 15.0. The number of nitrogens with zero attached hydrogens (tertiary/aromatic N) is 2. The van der Waals surface area contributed by atoms with E-state index >= 15 is 0 Å². The SMILES string of the molecule is CCCC(C#N)(CCC)C(=O)N1CC(C)CC1C. The van der Waals surface area contributed by atoms with Crippen LogP contribution in [-0.4, -0.2) is 23.4 Å². The van der Waals surface area contributed by atoms with Crippen LogP contribution in [0.25, 0.3) is 0 Å². The maximum atomic E-state index is 12.7. The fraction of sp³-hybridized carbons (Fsp3) is 0.867. The lowest BCUT2D eigenvalue weighted by Gasteiger charge is -2.32. The van der Waals surface area contributed by atoms with Gasteiger partial charge in [-0.15, -0.1) is 0 Å². The number of hydrogen-bond donors (Lipinski definition) is 0. The molecule has 0 radical (unpaired) electrons. The van der Waals surface area contributed by atoms with E-state index < -0.39 is 5.41 Å². The molecule has 3 heteroatoms. The van der Waals surface area contributed by atoms with Crippen molar-refractivity contribution in [1.82, 2.24) is 4.90 Å². The Morgan fingerprint density at radius 3 is 2.22 bits per heavy atom. The zero-order chi connectivity index (χ0) is 13.8. The zero-order valence-electron chi connectivity index (χ0n) is 12.2. The topological polar surface area (TPSA) is 44.1 Å². The van der Waals surface area contributed by atoms with Gasteiger partial charge in [0.15, 0.2) is 0 Å². The van der Waals surface area contributed by atoms with Crippen LogP contribution >= 0.6 is 0 Å². The number of nitriles is 1. The summed E-state index contributed by atoms with van der Waals surface area (Å²) in [4.78, 5) is 14.7. The van der Waals surface area contributed by atoms with E-state index in [1.807, 2.05) is 18.7 Å². The molecule has 2 unspecified atom stereocenters. The van der Waals surface area contributed by atoms with Crippen LogP contribution in [0.2, 0.25) is 0 Å². The smallest absolute Gasteiger partial charge is 0.243 e. The highest BCUT2D eigenvalue weighted by molar-refractivity contribution is 5.86. The van der Waals surface area contributed by atoms with Crippen LogP contribution in [-0.2, 0) is 4.79 Å². The summed E-state index contributed by atoms with van der Waals surface area (Å²) in [6.07, 6.45) is 4.21. The number of carbonyl (C=O) groups excluding carboxylic acids is 1. The number of likely N-dealkylation sites (tertiary alicyclic amines) is 1. The predicted octanol–water partition coefficient (Wildman–Crippen LogP) is 3.35. The van der Waals surface area contributed by atoms with Crippen LogP contribution in [0.4, 0.5) is 0 Å². The van der Waals surface area contributed by atoms with Crippen molar-refractivity contribution in [3.63, 3.8) is 0 Å². The molecule has 102 valence electrons. The lowest BCUT2D eigenvalue weighted by Crippen LogP contribution is -2.45. The van der Waals surface area contributed by atoms with Crippen LogP contribution in [0, 0.1) is 22.7 Å². The van der Waals surface area contributed by atoms with Gasteiger partial charge in [-0.05, 0) is 32.1 Å². The van der Waals surface area contributed by atoms with Crippen molar-refractivity contribution in [2.75, 3.05) is 6.54 Å². The molecule has 0 aromatic rings. The second-order valence-electron chi connectivity index (χ2n) is 5.84. The van der Waals surface area contributed by atoms with Crippen molar-refractivity contribution >= 4 is 5.91 Å². The summed E-state index contributed by atoms with van der Waals surface area (Å²) >= 11 is 0. The Labute approximate surface area is 111 Å². The van der Waals surface area contributed by atoms with Crippen molar-refractivity contribution in [2.24, 2.45) is 11.3 Å². The molecular formula is C15H26N2O. The minimum Gasteiger partial charge on any atom is -0.338 e. The van der Waals surface area contributed by atoms with Gasteiger partial charge in [-0.2, -0.15) is 5.26 Å². The Balaban J connectivity index is 2.92. The van der Waals surface area contributed by atoms with E-state index in [0.29, 0.717) is 18.8 Å². The second kappa shape index (κ2) is 6.22. The molecule has 1 saturated heterocycles. The first-order valence-corrected chi connectivity index (χ1v) is 7.23. The average Bonchev–Trinajstić information content (AvgIpc) is 2.67. The van der Waals surface area contributed by atoms with Crippen LogP contribution in [0.1, 0.15) is 59.8 Å². The predicted molar refractivity (Wildman–Crippen MR) is 72.8 cm³/mol. The summed E-state index contributed by atoms with van der Waals surface area (Å²) in [5, 5.41) is 9.52. The first-order valence-electron chi connectivity index (χ1n) is 7.23. The Kier molecular flexibility index (Phi) is 5.19. The molecule has 1 amide bonds. The molecule has 0 spiro atoms. The number of carbonyl (C=O) groups is 1. The molecule has 0 saturated carbocycles. The van der Waals surface area contributed by atoms with Crippen molar-refractivity contribution in [3.8, 4) is 6.07 Å². The van der Waals surface area contributed by atoms with Crippen molar-refractivity contribution < 1.29 is 4.79 Å². The second-order valence-corrected chi connectivity index (χ2v) is 5.84. The highest BCUT2D eigenvalue weighted by Crippen LogP contribution is 2.35. The molecule has 0 aliphatic carbocycles. The van der Waals surface area contributed by atoms with Gasteiger partial charge >= 0.3 is 0 Å². The summed E-state index contributed by atoms with van der Waals surface area (Å²) < 4.78 is 0. The first-order chi connectivity index (χ1) is 8.50. The number of amides is 1. The van der Waals surface area contributed by atoms with E-state index in [4.69, 9.17) is 0 Å². The largest absolute Gasteiger partial charge is 0.338 e. The van der Waals surface area contributed by atoms with Crippen LogP contribution in [0.3, 0.4) is 0 Å². The van der Waals surface area contributed by atoms with Gasteiger partial charge in [0.25, 0.3) is 0 Å². The van der Waals surface area contributed by atoms with Gasteiger partial charge in [-0.1, -0.05) is 33.6 Å². The van der Waals surface area contributed by atoms with E-state index in [9.17, 15) is 10.1 Å². The van der Waals surface area contributed by atoms with Gasteiger partial charge in [0, 0.05) is 12.6 Å². The van der Waals surface area contributed by atoms with Crippen LogP contribution in [0.15, 0.2) is 0 Å². The monoisotopic (exact) mass is 250 g/mol. The molecule has 2 atom stereocenters. The van der Waals surface area contributed by atoms with E-state index in [-0.39, 0.29) is 11.9 Å². The molecule has 1 rings (SSSR count). The Bertz CT molecular complexity index is 326. The Morgan fingerprint density at radius 2 is 1.89 bits per heavy atom. The molecule has 18 heavy (non-hydrogen) atoms. The molecule has 3 nitrogen and oxygen atoms in total. The van der Waals surface area contributed by atoms with Crippen molar-refractivity contribution in [2.45, 2.75) is 65.8 Å². The summed E-state index contributed by atoms with van der Waals surface area (Å²) in [5.41, 5.74) is -0.776. The van der Waals surface area contributed by atoms with Crippen molar-refractivity contribution in [1.29, 1.82) is 5.26 Å². The van der Waals surface area contributed by atoms with E-state index in [0.717, 1.165) is 25.8 Å². The standard InChI is InChI=1S/C15H26N2O/c1-5-7-15(11-16,8-6-2)14(18)17-10-12(3)9-13(17)4/h12-13H,5-10H2,1-4H3. The summed E-state index contributed by atoms with van der Waals surface area (Å²) in [6.45, 7) is 9.19. The fourth-order valence-corrected chi connectivity index (χ4v) is 3.21. The zero-order valence-corrected chi connectivity index (χ0v) is 12.2. The highest BCUT2D eigenvalue weighted by atomic mass is 16.2. The van der Waals surface area contributed by atoms with Gasteiger partial charge in [0.1, 0.15) is 5.41 Å². The maximum Gasteiger partial charge on any atom is 0.243 e. The minimum atomic E-state index is -0.776. The third-order valence-corrected chi connectivity index (χ3v) is 4.02. The molecule has 0 N–H and O–H groups in total. The maximum absolute atomic E-state index is 12.7. The van der Waals surface area contributed by atoms with E-state index in [1.54, 1.807) is 0 Å². The lowest BCUT2D eigenvalue weighted by molar-refractivity contribution is -0.140. The molecule has 1 aliphatic rings. The van der Waals surface area contributed by atoms with Crippen LogP contribution in [0.5, 0.6) is 0 Å². The molecule has 0 bridgehead atoms. The number of hydrogen-bond acceptors (Lipinski definition) is 2. The minimum absolute atomic E-state index is 0.0746. The summed E-state index contributed by atoms with van der Waals surface area (Å²) in [5.74, 6) is 0.633. The van der Waals surface area contributed by atoms with Gasteiger partial charge in [-0.25, -0.2) is 0 Å². The molecule has 0 aromatic heterocycles. The normalized spacial score (nSPS) is 24.1. The summed E-state index contributed by atoms with van der Waals surface area (Å²) in [6, 6.07) is 2.62. The van der Waals surface area contributed by atoms with Gasteiger partial charge in [-0.3, -0.25) is 4.79 Å².